The number of aldehydes is 1. The number of carbonyl (C=O) groups excluding carboxylic acids is 2. The van der Waals surface area contributed by atoms with Crippen molar-refractivity contribution in [2.75, 3.05) is 0 Å². The molecule has 104 valence electrons. The Labute approximate surface area is 112 Å². The average molecular weight is 267 g/mol. The minimum Gasteiger partial charge on any atom is -0.441 e. The number of alkyl carbamates (subject to hydrolysis) is 1. The van der Waals surface area contributed by atoms with Gasteiger partial charge in [0.1, 0.15) is 18.2 Å². The topological polar surface area (TPSA) is 55.4 Å². The maximum atomic E-state index is 13.1. The van der Waals surface area contributed by atoms with Gasteiger partial charge in [0.15, 0.2) is 0 Å². The molecule has 0 aliphatic carbocycles. The van der Waals surface area contributed by atoms with E-state index in [-0.39, 0.29) is 6.42 Å². The monoisotopic (exact) mass is 267 g/mol. The maximum Gasteiger partial charge on any atom is 0.408 e. The Morgan fingerprint density at radius 1 is 1.47 bits per heavy atom. The smallest absolute Gasteiger partial charge is 0.408 e. The van der Waals surface area contributed by atoms with E-state index >= 15 is 0 Å². The lowest BCUT2D eigenvalue weighted by atomic mass is 10.1. The molecule has 1 amide bonds. The van der Waals surface area contributed by atoms with Crippen LogP contribution in [0.15, 0.2) is 24.3 Å². The van der Waals surface area contributed by atoms with E-state index < -0.39 is 23.6 Å². The van der Waals surface area contributed by atoms with Crippen molar-refractivity contribution in [2.45, 2.75) is 38.8 Å². The Morgan fingerprint density at radius 2 is 2.16 bits per heavy atom. The van der Waals surface area contributed by atoms with Crippen LogP contribution in [0.25, 0.3) is 0 Å². The SMILES string of the molecule is CC(C)(C)NC(=O)O[C@@H](CC=O)c1cccc(F)c1. The summed E-state index contributed by atoms with van der Waals surface area (Å²) in [6, 6.07) is 5.66. The fraction of sp³-hybridized carbons (Fsp3) is 0.429. The molecule has 1 atom stereocenters. The highest BCUT2D eigenvalue weighted by Gasteiger charge is 2.20. The van der Waals surface area contributed by atoms with Gasteiger partial charge in [-0.2, -0.15) is 0 Å². The summed E-state index contributed by atoms with van der Waals surface area (Å²) in [4.78, 5) is 22.3. The summed E-state index contributed by atoms with van der Waals surface area (Å²) in [5.41, 5.74) is 0.0150. The summed E-state index contributed by atoms with van der Waals surface area (Å²) in [5, 5.41) is 2.62. The predicted octanol–water partition coefficient (Wildman–Crippen LogP) is 2.98. The second-order valence-electron chi connectivity index (χ2n) is 5.23. The third kappa shape index (κ3) is 5.50. The second kappa shape index (κ2) is 6.31. The number of halogens is 1. The Bertz CT molecular complexity index is 454. The van der Waals surface area contributed by atoms with E-state index in [1.807, 2.05) is 20.8 Å². The van der Waals surface area contributed by atoms with Gasteiger partial charge in [-0.05, 0) is 38.5 Å². The van der Waals surface area contributed by atoms with Crippen molar-refractivity contribution >= 4 is 12.4 Å². The van der Waals surface area contributed by atoms with Gasteiger partial charge >= 0.3 is 6.09 Å². The number of carbonyl (C=O) groups is 2. The van der Waals surface area contributed by atoms with Crippen molar-refractivity contribution in [2.24, 2.45) is 0 Å². The zero-order valence-corrected chi connectivity index (χ0v) is 11.3. The molecule has 0 saturated heterocycles. The fourth-order valence-electron chi connectivity index (χ4n) is 1.51. The lowest BCUT2D eigenvalue weighted by molar-refractivity contribution is -0.109. The molecule has 0 aliphatic heterocycles. The molecule has 4 nitrogen and oxygen atoms in total. The summed E-state index contributed by atoms with van der Waals surface area (Å²) in [7, 11) is 0. The highest BCUT2D eigenvalue weighted by atomic mass is 19.1. The number of nitrogens with one attached hydrogen (secondary N) is 1. The van der Waals surface area contributed by atoms with Crippen LogP contribution >= 0.6 is 0 Å². The van der Waals surface area contributed by atoms with Gasteiger partial charge in [-0.1, -0.05) is 12.1 Å². The second-order valence-corrected chi connectivity index (χ2v) is 5.23. The number of benzene rings is 1. The zero-order valence-electron chi connectivity index (χ0n) is 11.3. The van der Waals surface area contributed by atoms with Crippen LogP contribution in [-0.2, 0) is 9.53 Å². The fourth-order valence-corrected chi connectivity index (χ4v) is 1.51. The van der Waals surface area contributed by atoms with E-state index in [1.165, 1.54) is 18.2 Å². The first-order chi connectivity index (χ1) is 8.81. The highest BCUT2D eigenvalue weighted by molar-refractivity contribution is 5.69. The van der Waals surface area contributed by atoms with Crippen LogP contribution in [-0.4, -0.2) is 17.9 Å². The van der Waals surface area contributed by atoms with Gasteiger partial charge in [0.05, 0.1) is 0 Å². The van der Waals surface area contributed by atoms with Crippen molar-refractivity contribution in [3.63, 3.8) is 0 Å². The first-order valence-electron chi connectivity index (χ1n) is 6.00. The standard InChI is InChI=1S/C14H18FNO3/c1-14(2,3)16-13(18)19-12(7-8-17)10-5-4-6-11(15)9-10/h4-6,8-9,12H,7H2,1-3H3,(H,16,18)/t12-/m0/s1. The molecule has 19 heavy (non-hydrogen) atoms. The van der Waals surface area contributed by atoms with E-state index in [0.29, 0.717) is 11.8 Å². The van der Waals surface area contributed by atoms with E-state index in [2.05, 4.69) is 5.32 Å². The van der Waals surface area contributed by atoms with Crippen LogP contribution in [0, 0.1) is 5.82 Å². The summed E-state index contributed by atoms with van der Waals surface area (Å²) in [6.45, 7) is 5.43. The van der Waals surface area contributed by atoms with Crippen LogP contribution in [0.1, 0.15) is 38.9 Å². The quantitative estimate of drug-likeness (QED) is 0.853. The Morgan fingerprint density at radius 3 is 2.68 bits per heavy atom. The zero-order chi connectivity index (χ0) is 14.5. The first kappa shape index (κ1) is 15.1. The van der Waals surface area contributed by atoms with Gasteiger partial charge in [0.25, 0.3) is 0 Å². The molecule has 1 aromatic rings. The highest BCUT2D eigenvalue weighted by Crippen LogP contribution is 2.21. The first-order valence-corrected chi connectivity index (χ1v) is 6.00. The molecule has 5 heteroatoms. The number of amides is 1. The normalized spacial score (nSPS) is 12.6. The largest absolute Gasteiger partial charge is 0.441 e. The summed E-state index contributed by atoms with van der Waals surface area (Å²) >= 11 is 0. The van der Waals surface area contributed by atoms with E-state index in [9.17, 15) is 14.0 Å². The lowest BCUT2D eigenvalue weighted by Gasteiger charge is -2.23. The number of hydrogen-bond acceptors (Lipinski definition) is 3. The van der Waals surface area contributed by atoms with Gasteiger partial charge in [-0.25, -0.2) is 9.18 Å². The van der Waals surface area contributed by atoms with Crippen LogP contribution in [0.5, 0.6) is 0 Å². The number of hydrogen-bond donors (Lipinski definition) is 1. The van der Waals surface area contributed by atoms with Gasteiger partial charge < -0.3 is 14.8 Å². The number of ether oxygens (including phenoxy) is 1. The predicted molar refractivity (Wildman–Crippen MR) is 69.2 cm³/mol. The lowest BCUT2D eigenvalue weighted by Crippen LogP contribution is -2.41. The van der Waals surface area contributed by atoms with Crippen LogP contribution in [0.3, 0.4) is 0 Å². The van der Waals surface area contributed by atoms with Crippen molar-refractivity contribution in [3.05, 3.63) is 35.6 Å². The number of rotatable bonds is 4. The Kier molecular flexibility index (Phi) is 5.03. The Hall–Kier alpha value is -1.91. The molecule has 0 unspecified atom stereocenters. The molecule has 0 radical (unpaired) electrons. The van der Waals surface area contributed by atoms with Gasteiger partial charge in [0.2, 0.25) is 0 Å². The summed E-state index contributed by atoms with van der Waals surface area (Å²) in [5.74, 6) is -0.437. The van der Waals surface area contributed by atoms with E-state index in [1.54, 1.807) is 6.07 Å². The molecule has 0 aliphatic rings. The molecular formula is C14H18FNO3. The minimum absolute atomic E-state index is 0.0129. The average Bonchev–Trinajstić information content (AvgIpc) is 2.26. The van der Waals surface area contributed by atoms with E-state index in [0.717, 1.165) is 0 Å². The van der Waals surface area contributed by atoms with Crippen molar-refractivity contribution < 1.29 is 18.7 Å². The molecule has 0 heterocycles. The third-order valence-corrected chi connectivity index (χ3v) is 2.26. The van der Waals surface area contributed by atoms with Crippen LogP contribution < -0.4 is 5.32 Å². The Balaban J connectivity index is 2.78. The van der Waals surface area contributed by atoms with Gasteiger partial charge in [0, 0.05) is 12.0 Å². The van der Waals surface area contributed by atoms with Crippen molar-refractivity contribution in [3.8, 4) is 0 Å². The van der Waals surface area contributed by atoms with Crippen molar-refractivity contribution in [1.82, 2.24) is 5.32 Å². The molecule has 0 fully saturated rings. The summed E-state index contributed by atoms with van der Waals surface area (Å²) in [6.07, 6.45) is -0.791. The third-order valence-electron chi connectivity index (χ3n) is 2.26. The molecule has 0 bridgehead atoms. The molecular weight excluding hydrogens is 249 g/mol. The van der Waals surface area contributed by atoms with Gasteiger partial charge in [-0.3, -0.25) is 0 Å². The molecule has 0 spiro atoms. The minimum atomic E-state index is -0.782. The van der Waals surface area contributed by atoms with Crippen molar-refractivity contribution in [1.29, 1.82) is 0 Å². The molecule has 0 aromatic heterocycles. The molecule has 1 N–H and O–H groups in total. The molecule has 1 aromatic carbocycles. The molecule has 0 saturated carbocycles. The maximum absolute atomic E-state index is 13.1. The van der Waals surface area contributed by atoms with Crippen LogP contribution in [0.2, 0.25) is 0 Å². The van der Waals surface area contributed by atoms with Crippen LogP contribution in [0.4, 0.5) is 9.18 Å². The molecule has 1 rings (SSSR count). The van der Waals surface area contributed by atoms with Gasteiger partial charge in [-0.15, -0.1) is 0 Å². The van der Waals surface area contributed by atoms with E-state index in [4.69, 9.17) is 4.74 Å². The summed E-state index contributed by atoms with van der Waals surface area (Å²) < 4.78 is 18.3.